The predicted octanol–water partition coefficient (Wildman–Crippen LogP) is 4.59. The van der Waals surface area contributed by atoms with Gasteiger partial charge in [0.1, 0.15) is 16.5 Å². The Morgan fingerprint density at radius 2 is 2.15 bits per heavy atom. The average Bonchev–Trinajstić information content (AvgIpc) is 3.11. The number of aromatic nitrogens is 2. The molecule has 0 radical (unpaired) electrons. The quantitative estimate of drug-likeness (QED) is 0.894. The minimum atomic E-state index is 0.559. The number of hydrogen-bond donors (Lipinski definition) is 1. The third-order valence-corrected chi connectivity index (χ3v) is 5.70. The molecule has 4 heteroatoms. The van der Waals surface area contributed by atoms with Gasteiger partial charge in [-0.05, 0) is 37.7 Å². The summed E-state index contributed by atoms with van der Waals surface area (Å²) in [6.07, 6.45) is 6.20. The molecule has 0 saturated heterocycles. The topological polar surface area (TPSA) is 37.8 Å². The van der Waals surface area contributed by atoms with Crippen LogP contribution in [0.1, 0.15) is 56.2 Å². The van der Waals surface area contributed by atoms with Gasteiger partial charge < -0.3 is 5.32 Å². The van der Waals surface area contributed by atoms with E-state index in [-0.39, 0.29) is 0 Å². The fourth-order valence-electron chi connectivity index (χ4n) is 3.22. The van der Waals surface area contributed by atoms with E-state index in [1.165, 1.54) is 35.9 Å². The fourth-order valence-corrected chi connectivity index (χ4v) is 4.19. The van der Waals surface area contributed by atoms with Gasteiger partial charge in [0, 0.05) is 17.8 Å². The highest BCUT2D eigenvalue weighted by molar-refractivity contribution is 7.18. The van der Waals surface area contributed by atoms with E-state index < -0.39 is 0 Å². The van der Waals surface area contributed by atoms with Gasteiger partial charge in [-0.25, -0.2) is 9.97 Å². The first-order valence-corrected chi connectivity index (χ1v) is 8.54. The number of nitrogens with one attached hydrogen (secondary N) is 1. The van der Waals surface area contributed by atoms with E-state index in [4.69, 9.17) is 9.97 Å². The predicted molar refractivity (Wildman–Crippen MR) is 86.7 cm³/mol. The van der Waals surface area contributed by atoms with Gasteiger partial charge in [0.2, 0.25) is 0 Å². The number of rotatable bonds is 4. The molecule has 0 amide bonds. The summed E-state index contributed by atoms with van der Waals surface area (Å²) in [4.78, 5) is 12.2. The molecule has 0 spiro atoms. The van der Waals surface area contributed by atoms with Crippen LogP contribution in [0.2, 0.25) is 0 Å². The number of anilines is 1. The first-order chi connectivity index (χ1) is 9.75. The lowest BCUT2D eigenvalue weighted by molar-refractivity contribution is 0.517. The van der Waals surface area contributed by atoms with Crippen LogP contribution in [0, 0.1) is 5.92 Å². The minimum Gasteiger partial charge on any atom is -0.372 e. The van der Waals surface area contributed by atoms with E-state index in [0.717, 1.165) is 28.8 Å². The third kappa shape index (κ3) is 2.41. The monoisotopic (exact) mass is 289 g/mol. The lowest BCUT2D eigenvalue weighted by Gasteiger charge is -2.11. The molecule has 0 bridgehead atoms. The smallest absolute Gasteiger partial charge is 0.138 e. The van der Waals surface area contributed by atoms with Gasteiger partial charge >= 0.3 is 0 Å². The van der Waals surface area contributed by atoms with E-state index in [1.807, 2.05) is 18.4 Å². The van der Waals surface area contributed by atoms with Crippen LogP contribution in [0.15, 0.2) is 6.07 Å². The van der Waals surface area contributed by atoms with Gasteiger partial charge in [-0.2, -0.15) is 0 Å². The van der Waals surface area contributed by atoms with Crippen LogP contribution < -0.4 is 5.32 Å². The van der Waals surface area contributed by atoms with Crippen molar-refractivity contribution in [2.24, 2.45) is 5.92 Å². The van der Waals surface area contributed by atoms with Crippen molar-refractivity contribution in [2.45, 2.75) is 51.9 Å². The summed E-state index contributed by atoms with van der Waals surface area (Å²) < 4.78 is 0. The number of hydrogen-bond acceptors (Lipinski definition) is 4. The van der Waals surface area contributed by atoms with Gasteiger partial charge in [0.15, 0.2) is 0 Å². The first-order valence-electron chi connectivity index (χ1n) is 7.73. The Labute approximate surface area is 124 Å². The zero-order chi connectivity index (χ0) is 14.1. The number of fused-ring (bicyclic) bond motifs is 1. The van der Waals surface area contributed by atoms with Crippen molar-refractivity contribution in [3.63, 3.8) is 0 Å². The molecule has 2 heterocycles. The molecule has 1 N–H and O–H groups in total. The molecule has 2 aromatic heterocycles. The summed E-state index contributed by atoms with van der Waals surface area (Å²) in [6, 6.07) is 2.24. The summed E-state index contributed by atoms with van der Waals surface area (Å²) in [5, 5.41) is 4.44. The van der Waals surface area contributed by atoms with E-state index in [0.29, 0.717) is 5.92 Å². The van der Waals surface area contributed by atoms with Crippen LogP contribution >= 0.6 is 11.3 Å². The van der Waals surface area contributed by atoms with Gasteiger partial charge in [0.05, 0.1) is 5.39 Å². The lowest BCUT2D eigenvalue weighted by atomic mass is 10.0. The average molecular weight is 289 g/mol. The Hall–Kier alpha value is -1.16. The van der Waals surface area contributed by atoms with Crippen LogP contribution in [-0.2, 0) is 6.42 Å². The van der Waals surface area contributed by atoms with Crippen LogP contribution in [-0.4, -0.2) is 17.0 Å². The van der Waals surface area contributed by atoms with E-state index in [1.54, 1.807) is 0 Å². The van der Waals surface area contributed by atoms with Crippen molar-refractivity contribution in [2.75, 3.05) is 12.4 Å². The number of thiophene rings is 1. The third-order valence-electron chi connectivity index (χ3n) is 4.53. The highest BCUT2D eigenvalue weighted by atomic mass is 32.1. The summed E-state index contributed by atoms with van der Waals surface area (Å²) in [5.41, 5.74) is 0. The zero-order valence-corrected chi connectivity index (χ0v) is 13.4. The molecular formula is C16H23N3S. The zero-order valence-electron chi connectivity index (χ0n) is 12.6. The fraction of sp³-hybridized carbons (Fsp3) is 0.625. The van der Waals surface area contributed by atoms with Crippen molar-refractivity contribution in [3.8, 4) is 0 Å². The highest BCUT2D eigenvalue weighted by Gasteiger charge is 2.27. The van der Waals surface area contributed by atoms with Crippen molar-refractivity contribution < 1.29 is 0 Å². The second-order valence-electron chi connectivity index (χ2n) is 5.75. The molecule has 3 rings (SSSR count). The van der Waals surface area contributed by atoms with Crippen LogP contribution in [0.5, 0.6) is 0 Å². The Kier molecular flexibility index (Phi) is 3.92. The van der Waals surface area contributed by atoms with Gasteiger partial charge in [0.25, 0.3) is 0 Å². The van der Waals surface area contributed by atoms with E-state index in [2.05, 4.69) is 25.2 Å². The van der Waals surface area contributed by atoms with E-state index in [9.17, 15) is 0 Å². The molecule has 0 aliphatic heterocycles. The maximum absolute atomic E-state index is 4.87. The molecular weight excluding hydrogens is 266 g/mol. The Balaban J connectivity index is 1.99. The van der Waals surface area contributed by atoms with Crippen LogP contribution in [0.3, 0.4) is 0 Å². The molecule has 0 aromatic carbocycles. The second kappa shape index (κ2) is 5.68. The van der Waals surface area contributed by atoms with Gasteiger partial charge in [-0.1, -0.05) is 20.3 Å². The van der Waals surface area contributed by atoms with Gasteiger partial charge in [-0.15, -0.1) is 11.3 Å². The number of nitrogens with zero attached hydrogens (tertiary/aromatic N) is 2. The molecule has 2 unspecified atom stereocenters. The largest absolute Gasteiger partial charge is 0.372 e. The van der Waals surface area contributed by atoms with E-state index >= 15 is 0 Å². The highest BCUT2D eigenvalue weighted by Crippen LogP contribution is 2.40. The first kappa shape index (κ1) is 13.8. The molecule has 2 atom stereocenters. The second-order valence-corrected chi connectivity index (χ2v) is 6.86. The molecule has 20 heavy (non-hydrogen) atoms. The standard InChI is InChI=1S/C16H23N3S/c1-4-10-6-7-11(8-10)14-18-15(17-3)13-9-12(5-2)20-16(13)19-14/h9-11H,4-8H2,1-3H3,(H,17,18,19). The van der Waals surface area contributed by atoms with Crippen molar-refractivity contribution in [1.29, 1.82) is 0 Å². The maximum Gasteiger partial charge on any atom is 0.138 e. The summed E-state index contributed by atoms with van der Waals surface area (Å²) in [7, 11) is 1.96. The van der Waals surface area contributed by atoms with Crippen molar-refractivity contribution in [1.82, 2.24) is 9.97 Å². The molecule has 1 fully saturated rings. The Morgan fingerprint density at radius 1 is 1.30 bits per heavy atom. The normalized spacial score (nSPS) is 22.6. The maximum atomic E-state index is 4.87. The summed E-state index contributed by atoms with van der Waals surface area (Å²) >= 11 is 1.82. The molecule has 2 aromatic rings. The molecule has 108 valence electrons. The Morgan fingerprint density at radius 3 is 2.80 bits per heavy atom. The SMILES string of the molecule is CCc1cc2c(NC)nc(C3CCC(CC)C3)nc2s1. The molecule has 1 saturated carbocycles. The van der Waals surface area contributed by atoms with Crippen LogP contribution in [0.25, 0.3) is 10.2 Å². The number of aryl methyl sites for hydroxylation is 1. The van der Waals surface area contributed by atoms with Gasteiger partial charge in [-0.3, -0.25) is 0 Å². The van der Waals surface area contributed by atoms with Crippen molar-refractivity contribution in [3.05, 3.63) is 16.8 Å². The minimum absolute atomic E-state index is 0.559. The lowest BCUT2D eigenvalue weighted by Crippen LogP contribution is -2.04. The Bertz CT molecular complexity index is 605. The summed E-state index contributed by atoms with van der Waals surface area (Å²) in [6.45, 7) is 4.49. The molecule has 1 aliphatic carbocycles. The summed E-state index contributed by atoms with van der Waals surface area (Å²) in [5.74, 6) is 3.48. The molecule has 1 aliphatic rings. The van der Waals surface area contributed by atoms with Crippen molar-refractivity contribution >= 4 is 27.4 Å². The van der Waals surface area contributed by atoms with Crippen LogP contribution in [0.4, 0.5) is 5.82 Å². The molecule has 3 nitrogen and oxygen atoms in total.